The van der Waals surface area contributed by atoms with Crippen molar-refractivity contribution in [3.05, 3.63) is 12.0 Å². The van der Waals surface area contributed by atoms with Gasteiger partial charge >= 0.3 is 5.97 Å². The number of anilines is 1. The fourth-order valence-electron chi connectivity index (χ4n) is 3.21. The van der Waals surface area contributed by atoms with E-state index in [0.29, 0.717) is 12.1 Å². The molecule has 0 saturated carbocycles. The van der Waals surface area contributed by atoms with E-state index in [-0.39, 0.29) is 5.69 Å². The molecule has 0 radical (unpaired) electrons. The number of nitrogens with zero attached hydrogens (tertiary/aromatic N) is 3. The van der Waals surface area contributed by atoms with Gasteiger partial charge in [0.1, 0.15) is 6.26 Å². The van der Waals surface area contributed by atoms with Gasteiger partial charge in [0.2, 0.25) is 0 Å². The van der Waals surface area contributed by atoms with Crippen molar-refractivity contribution >= 4 is 12.0 Å². The molecule has 2 aliphatic rings. The number of oxazole rings is 1. The van der Waals surface area contributed by atoms with Gasteiger partial charge < -0.3 is 19.3 Å². The molecule has 1 N–H and O–H groups in total. The van der Waals surface area contributed by atoms with Crippen LogP contribution in [0.5, 0.6) is 0 Å². The number of aromatic carboxylic acids is 1. The number of hydrogen-bond acceptors (Lipinski definition) is 5. The molecule has 0 spiro atoms. The highest BCUT2D eigenvalue weighted by Crippen LogP contribution is 2.24. The Morgan fingerprint density at radius 3 is 2.50 bits per heavy atom. The van der Waals surface area contributed by atoms with E-state index in [2.05, 4.69) is 9.88 Å². The summed E-state index contributed by atoms with van der Waals surface area (Å²) in [7, 11) is 0. The summed E-state index contributed by atoms with van der Waals surface area (Å²) in [5.74, 6) is -1.04. The van der Waals surface area contributed by atoms with Crippen LogP contribution in [-0.2, 0) is 0 Å². The van der Waals surface area contributed by atoms with Crippen LogP contribution >= 0.6 is 0 Å². The zero-order chi connectivity index (χ0) is 13.9. The van der Waals surface area contributed by atoms with E-state index in [1.54, 1.807) is 0 Å². The fourth-order valence-corrected chi connectivity index (χ4v) is 3.21. The second-order valence-corrected chi connectivity index (χ2v) is 5.64. The van der Waals surface area contributed by atoms with Gasteiger partial charge in [-0.15, -0.1) is 0 Å². The van der Waals surface area contributed by atoms with Gasteiger partial charge in [-0.3, -0.25) is 0 Å². The number of aromatic nitrogens is 1. The molecule has 110 valence electrons. The minimum atomic E-state index is -1.04. The molecular formula is C14H21N3O3. The van der Waals surface area contributed by atoms with Crippen LogP contribution in [0.25, 0.3) is 0 Å². The maximum atomic E-state index is 10.8. The third-order valence-corrected chi connectivity index (χ3v) is 4.35. The first-order valence-electron chi connectivity index (χ1n) is 7.42. The number of likely N-dealkylation sites (tertiary alicyclic amines) is 1. The molecule has 3 heterocycles. The molecule has 2 aliphatic heterocycles. The van der Waals surface area contributed by atoms with Gasteiger partial charge in [0.05, 0.1) is 0 Å². The minimum absolute atomic E-state index is 0.0156. The summed E-state index contributed by atoms with van der Waals surface area (Å²) in [4.78, 5) is 19.5. The molecule has 2 saturated heterocycles. The first kappa shape index (κ1) is 13.4. The van der Waals surface area contributed by atoms with Crippen LogP contribution in [0.15, 0.2) is 10.7 Å². The molecule has 0 aliphatic carbocycles. The highest BCUT2D eigenvalue weighted by atomic mass is 16.4. The number of piperidine rings is 2. The second-order valence-electron chi connectivity index (χ2n) is 5.64. The second kappa shape index (κ2) is 5.83. The van der Waals surface area contributed by atoms with E-state index in [1.807, 2.05) is 4.90 Å². The van der Waals surface area contributed by atoms with Crippen LogP contribution in [0.4, 0.5) is 6.01 Å². The van der Waals surface area contributed by atoms with Crippen molar-refractivity contribution < 1.29 is 14.3 Å². The first-order valence-corrected chi connectivity index (χ1v) is 7.42. The fraction of sp³-hybridized carbons (Fsp3) is 0.714. The average molecular weight is 279 g/mol. The van der Waals surface area contributed by atoms with Crippen LogP contribution in [0.2, 0.25) is 0 Å². The molecule has 0 unspecified atom stereocenters. The van der Waals surface area contributed by atoms with Gasteiger partial charge in [0.25, 0.3) is 6.01 Å². The van der Waals surface area contributed by atoms with Crippen LogP contribution in [0.3, 0.4) is 0 Å². The zero-order valence-electron chi connectivity index (χ0n) is 11.6. The van der Waals surface area contributed by atoms with Crippen molar-refractivity contribution in [2.45, 2.75) is 38.1 Å². The molecule has 2 fully saturated rings. The molecule has 0 aromatic carbocycles. The Balaban J connectivity index is 1.56. The first-order chi connectivity index (χ1) is 9.74. The van der Waals surface area contributed by atoms with Gasteiger partial charge in [-0.1, -0.05) is 6.42 Å². The van der Waals surface area contributed by atoms with E-state index in [9.17, 15) is 4.79 Å². The third-order valence-electron chi connectivity index (χ3n) is 4.35. The third kappa shape index (κ3) is 2.80. The number of carboxylic acids is 1. The van der Waals surface area contributed by atoms with Crippen LogP contribution in [0, 0.1) is 0 Å². The molecule has 0 bridgehead atoms. The summed E-state index contributed by atoms with van der Waals surface area (Å²) in [6, 6.07) is 1.11. The lowest BCUT2D eigenvalue weighted by atomic mass is 10.0. The van der Waals surface area contributed by atoms with E-state index in [4.69, 9.17) is 9.52 Å². The highest BCUT2D eigenvalue weighted by Gasteiger charge is 2.27. The van der Waals surface area contributed by atoms with Crippen molar-refractivity contribution in [2.75, 3.05) is 31.1 Å². The number of carbonyl (C=O) groups is 1. The maximum Gasteiger partial charge on any atom is 0.357 e. The summed E-state index contributed by atoms with van der Waals surface area (Å²) in [5.41, 5.74) is -0.0156. The van der Waals surface area contributed by atoms with Crippen molar-refractivity contribution in [3.63, 3.8) is 0 Å². The Bertz CT molecular complexity index is 460. The molecule has 1 aromatic rings. The molecule has 6 heteroatoms. The summed E-state index contributed by atoms with van der Waals surface area (Å²) in [5, 5.41) is 8.86. The lowest BCUT2D eigenvalue weighted by molar-refractivity contribution is 0.0690. The number of rotatable bonds is 3. The number of carboxylic acid groups (broad SMARTS) is 1. The molecule has 20 heavy (non-hydrogen) atoms. The topological polar surface area (TPSA) is 69.8 Å². The molecule has 3 rings (SSSR count). The molecule has 0 amide bonds. The van der Waals surface area contributed by atoms with Crippen LogP contribution in [-0.4, -0.2) is 53.2 Å². The molecular weight excluding hydrogens is 258 g/mol. The Morgan fingerprint density at radius 2 is 1.90 bits per heavy atom. The Hall–Kier alpha value is -1.56. The SMILES string of the molecule is O=C(O)c1coc(N2CCC(N3CCCCC3)CC2)n1. The molecule has 1 aromatic heterocycles. The minimum Gasteiger partial charge on any atom is -0.476 e. The largest absolute Gasteiger partial charge is 0.476 e. The normalized spacial score (nSPS) is 22.1. The highest BCUT2D eigenvalue weighted by molar-refractivity contribution is 5.85. The smallest absolute Gasteiger partial charge is 0.357 e. The van der Waals surface area contributed by atoms with E-state index in [0.717, 1.165) is 25.9 Å². The predicted octanol–water partition coefficient (Wildman–Crippen LogP) is 1.83. The Morgan fingerprint density at radius 1 is 1.20 bits per heavy atom. The lowest BCUT2D eigenvalue weighted by Crippen LogP contribution is -2.46. The predicted molar refractivity (Wildman–Crippen MR) is 74.1 cm³/mol. The maximum absolute atomic E-state index is 10.8. The lowest BCUT2D eigenvalue weighted by Gasteiger charge is -2.39. The van der Waals surface area contributed by atoms with E-state index < -0.39 is 5.97 Å². The van der Waals surface area contributed by atoms with Gasteiger partial charge in [-0.25, -0.2) is 4.79 Å². The summed E-state index contributed by atoms with van der Waals surface area (Å²) >= 11 is 0. The van der Waals surface area contributed by atoms with Gasteiger partial charge in [0, 0.05) is 19.1 Å². The standard InChI is InChI=1S/C14H21N3O3/c18-13(19)12-10-20-14(15-12)17-8-4-11(5-9-17)16-6-2-1-3-7-16/h10-11H,1-9H2,(H,18,19). The van der Waals surface area contributed by atoms with Gasteiger partial charge in [-0.05, 0) is 38.8 Å². The van der Waals surface area contributed by atoms with Crippen molar-refractivity contribution in [2.24, 2.45) is 0 Å². The molecule has 6 nitrogen and oxygen atoms in total. The quantitative estimate of drug-likeness (QED) is 0.910. The van der Waals surface area contributed by atoms with Gasteiger partial charge in [-0.2, -0.15) is 4.98 Å². The van der Waals surface area contributed by atoms with Crippen molar-refractivity contribution in [1.29, 1.82) is 0 Å². The average Bonchev–Trinajstić information content (AvgIpc) is 2.98. The van der Waals surface area contributed by atoms with Crippen LogP contribution in [0.1, 0.15) is 42.6 Å². The van der Waals surface area contributed by atoms with Crippen molar-refractivity contribution in [3.8, 4) is 0 Å². The van der Waals surface area contributed by atoms with Gasteiger partial charge in [0.15, 0.2) is 5.69 Å². The summed E-state index contributed by atoms with van der Waals surface area (Å²) in [6.45, 7) is 4.24. The Labute approximate surface area is 118 Å². The van der Waals surface area contributed by atoms with Crippen molar-refractivity contribution in [1.82, 2.24) is 9.88 Å². The number of hydrogen-bond donors (Lipinski definition) is 1. The zero-order valence-corrected chi connectivity index (χ0v) is 11.6. The van der Waals surface area contributed by atoms with E-state index in [1.165, 1.54) is 38.6 Å². The van der Waals surface area contributed by atoms with Crippen LogP contribution < -0.4 is 4.90 Å². The Kier molecular flexibility index (Phi) is 3.91. The van der Waals surface area contributed by atoms with E-state index >= 15 is 0 Å². The summed E-state index contributed by atoms with van der Waals surface area (Å²) in [6.07, 6.45) is 7.43. The monoisotopic (exact) mass is 279 g/mol. The summed E-state index contributed by atoms with van der Waals surface area (Å²) < 4.78 is 5.27. The molecule has 0 atom stereocenters.